The summed E-state index contributed by atoms with van der Waals surface area (Å²) in [5.74, 6) is 0. The van der Waals surface area contributed by atoms with Crippen LogP contribution in [0.1, 0.15) is 32.1 Å². The Morgan fingerprint density at radius 2 is 1.62 bits per heavy atom. The number of sulfonamides is 1. The van der Waals surface area contributed by atoms with E-state index < -0.39 is 48.5 Å². The van der Waals surface area contributed by atoms with Gasteiger partial charge in [0.25, 0.3) is 10.1 Å². The molecule has 1 unspecified atom stereocenters. The van der Waals surface area contributed by atoms with Crippen LogP contribution in [0, 0.1) is 5.21 Å². The fourth-order valence-electron chi connectivity index (χ4n) is 1.95. The second-order valence-corrected chi connectivity index (χ2v) is 8.46. The standard InChI is InChI=1S/C9H16F3NO6S2/c10-9(11,12)21(17,18)13(14)6-7-19-20(15,16)8-4-2-1-3-5-8/h8,13H,1-7H2. The van der Waals surface area contributed by atoms with Gasteiger partial charge in [0.1, 0.15) is 13.2 Å². The van der Waals surface area contributed by atoms with Gasteiger partial charge in [0.2, 0.25) is 0 Å². The topological polar surface area (TPSA) is 105 Å². The smallest absolute Gasteiger partial charge is 0.549 e. The molecule has 0 aromatic rings. The molecule has 1 aliphatic carbocycles. The number of nitrogens with one attached hydrogen (secondary N) is 1. The molecule has 0 amide bonds. The van der Waals surface area contributed by atoms with Crippen LogP contribution in [0.15, 0.2) is 0 Å². The number of hydrogen-bond acceptors (Lipinski definition) is 6. The average Bonchev–Trinajstić information content (AvgIpc) is 2.38. The van der Waals surface area contributed by atoms with E-state index >= 15 is 0 Å². The second kappa shape index (κ2) is 6.77. The Labute approximate surface area is 120 Å². The molecule has 1 N–H and O–H groups in total. The van der Waals surface area contributed by atoms with Gasteiger partial charge >= 0.3 is 15.5 Å². The Morgan fingerprint density at radius 1 is 1.10 bits per heavy atom. The lowest BCUT2D eigenvalue weighted by atomic mass is 10.0. The largest absolute Gasteiger partial charge is 0.618 e. The van der Waals surface area contributed by atoms with Crippen molar-refractivity contribution >= 4 is 20.1 Å². The third kappa shape index (κ3) is 4.77. The fraction of sp³-hybridized carbons (Fsp3) is 1.00. The third-order valence-corrected chi connectivity index (χ3v) is 6.31. The van der Waals surface area contributed by atoms with Crippen molar-refractivity contribution in [2.75, 3.05) is 13.2 Å². The highest BCUT2D eigenvalue weighted by atomic mass is 32.2. The summed E-state index contributed by atoms with van der Waals surface area (Å²) in [5, 5.41) is 10.2. The van der Waals surface area contributed by atoms with Crippen molar-refractivity contribution < 1.29 is 38.7 Å². The van der Waals surface area contributed by atoms with Crippen molar-refractivity contribution in [3.63, 3.8) is 0 Å². The van der Waals surface area contributed by atoms with Gasteiger partial charge in [-0.1, -0.05) is 19.3 Å². The average molecular weight is 355 g/mol. The lowest BCUT2D eigenvalue weighted by Crippen LogP contribution is -3.11. The van der Waals surface area contributed by atoms with Crippen LogP contribution in [0.3, 0.4) is 0 Å². The van der Waals surface area contributed by atoms with Gasteiger partial charge in [-0.05, 0) is 12.8 Å². The van der Waals surface area contributed by atoms with Crippen LogP contribution < -0.4 is 4.47 Å². The maximum Gasteiger partial charge on any atom is 0.549 e. The summed E-state index contributed by atoms with van der Waals surface area (Å²) in [6.45, 7) is -2.07. The van der Waals surface area contributed by atoms with Gasteiger partial charge in [-0.15, -0.1) is 0 Å². The Balaban J connectivity index is 2.53. The SMILES string of the molecule is O=S(=O)(OCC[NH+]([O-])S(=O)(=O)C(F)(F)F)C1CCCCC1. The first-order chi connectivity index (χ1) is 9.48. The monoisotopic (exact) mass is 355 g/mol. The van der Waals surface area contributed by atoms with Gasteiger partial charge in [0, 0.05) is 0 Å². The molecule has 0 aromatic heterocycles. The highest BCUT2D eigenvalue weighted by Crippen LogP contribution is 2.24. The van der Waals surface area contributed by atoms with Gasteiger partial charge in [0.15, 0.2) is 0 Å². The zero-order valence-corrected chi connectivity index (χ0v) is 12.6. The van der Waals surface area contributed by atoms with Crippen molar-refractivity contribution in [3.05, 3.63) is 5.21 Å². The van der Waals surface area contributed by atoms with Crippen molar-refractivity contribution in [2.45, 2.75) is 42.9 Å². The molecular weight excluding hydrogens is 339 g/mol. The van der Waals surface area contributed by atoms with Crippen LogP contribution in [0.4, 0.5) is 13.2 Å². The van der Waals surface area contributed by atoms with E-state index in [9.17, 15) is 35.2 Å². The first-order valence-electron chi connectivity index (χ1n) is 6.21. The van der Waals surface area contributed by atoms with Crippen LogP contribution in [-0.4, -0.2) is 40.7 Å². The quantitative estimate of drug-likeness (QED) is 0.527. The number of alkyl halides is 3. The van der Waals surface area contributed by atoms with E-state index in [4.69, 9.17) is 0 Å². The third-order valence-electron chi connectivity index (χ3n) is 3.12. The number of rotatable bonds is 6. The molecule has 0 saturated heterocycles. The van der Waals surface area contributed by atoms with Gasteiger partial charge in [-0.2, -0.15) is 30.0 Å². The summed E-state index contributed by atoms with van der Waals surface area (Å²) in [7, 11) is -9.92. The molecule has 12 heteroatoms. The molecule has 0 heterocycles. The lowest BCUT2D eigenvalue weighted by Gasteiger charge is -2.24. The van der Waals surface area contributed by atoms with E-state index in [2.05, 4.69) is 4.18 Å². The van der Waals surface area contributed by atoms with Crippen LogP contribution >= 0.6 is 0 Å². The highest BCUT2D eigenvalue weighted by Gasteiger charge is 2.51. The maximum absolute atomic E-state index is 12.1. The molecular formula is C9H16F3NO6S2. The first-order valence-corrected chi connectivity index (χ1v) is 9.16. The van der Waals surface area contributed by atoms with Gasteiger partial charge in [-0.3, -0.25) is 8.65 Å². The van der Waals surface area contributed by atoms with Crippen molar-refractivity contribution in [1.29, 1.82) is 0 Å². The summed E-state index contributed by atoms with van der Waals surface area (Å²) in [6, 6.07) is 0. The Bertz CT molecular complexity index is 538. The van der Waals surface area contributed by atoms with E-state index in [0.717, 1.165) is 6.42 Å². The number of hydroxylamine groups is 1. The van der Waals surface area contributed by atoms with E-state index in [-0.39, 0.29) is 0 Å². The summed E-state index contributed by atoms with van der Waals surface area (Å²) in [6.07, 6.45) is 3.08. The Hall–Kier alpha value is -0.430. The molecule has 0 bridgehead atoms. The van der Waals surface area contributed by atoms with Crippen molar-refractivity contribution in [3.8, 4) is 0 Å². The summed E-state index contributed by atoms with van der Waals surface area (Å²) >= 11 is 0. The molecule has 1 fully saturated rings. The fourth-order valence-corrected chi connectivity index (χ4v) is 3.98. The van der Waals surface area contributed by atoms with E-state index in [1.165, 1.54) is 0 Å². The zero-order valence-electron chi connectivity index (χ0n) is 10.9. The molecule has 0 radical (unpaired) electrons. The van der Waals surface area contributed by atoms with Crippen molar-refractivity contribution in [2.24, 2.45) is 0 Å². The Morgan fingerprint density at radius 3 is 2.10 bits per heavy atom. The predicted octanol–water partition coefficient (Wildman–Crippen LogP) is -0.102. The number of halogens is 3. The van der Waals surface area contributed by atoms with Gasteiger partial charge in [0.05, 0.1) is 5.25 Å². The van der Waals surface area contributed by atoms with Gasteiger partial charge in [-0.25, -0.2) is 0 Å². The minimum Gasteiger partial charge on any atom is -0.618 e. The zero-order chi connectivity index (χ0) is 16.3. The molecule has 7 nitrogen and oxygen atoms in total. The van der Waals surface area contributed by atoms with Crippen molar-refractivity contribution in [1.82, 2.24) is 0 Å². The van der Waals surface area contributed by atoms with Crippen LogP contribution in [-0.2, 0) is 24.3 Å². The molecule has 1 rings (SSSR count). The van der Waals surface area contributed by atoms with E-state index in [0.29, 0.717) is 25.7 Å². The summed E-state index contributed by atoms with van der Waals surface area (Å²) in [4.78, 5) is 0. The molecule has 1 atom stereocenters. The minimum absolute atomic E-state index is 0.386. The van der Waals surface area contributed by atoms with Crippen LogP contribution in [0.2, 0.25) is 0 Å². The number of hydrogen-bond donors (Lipinski definition) is 1. The highest BCUT2D eigenvalue weighted by molar-refractivity contribution is 7.87. The number of quaternary nitrogens is 1. The first kappa shape index (κ1) is 18.6. The van der Waals surface area contributed by atoms with E-state index in [1.807, 2.05) is 0 Å². The van der Waals surface area contributed by atoms with Crippen LogP contribution in [0.25, 0.3) is 0 Å². The minimum atomic E-state index is -5.93. The molecule has 0 aromatic carbocycles. The normalized spacial score (nSPS) is 20.4. The second-order valence-electron chi connectivity index (χ2n) is 4.65. The molecule has 1 saturated carbocycles. The molecule has 1 aliphatic rings. The summed E-state index contributed by atoms with van der Waals surface area (Å²) < 4.78 is 83.4. The molecule has 0 spiro atoms. The molecule has 0 aliphatic heterocycles. The molecule has 21 heavy (non-hydrogen) atoms. The lowest BCUT2D eigenvalue weighted by molar-refractivity contribution is -0.712. The Kier molecular flexibility index (Phi) is 6.00. The molecule has 126 valence electrons. The van der Waals surface area contributed by atoms with E-state index in [1.54, 1.807) is 0 Å². The van der Waals surface area contributed by atoms with Crippen LogP contribution in [0.5, 0.6) is 0 Å². The van der Waals surface area contributed by atoms with Gasteiger partial charge < -0.3 is 5.21 Å². The predicted molar refractivity (Wildman–Crippen MR) is 65.9 cm³/mol. The maximum atomic E-state index is 12.1. The summed E-state index contributed by atoms with van der Waals surface area (Å²) in [5.41, 5.74) is -5.69.